The number of thioether (sulfide) groups is 1. The Hall–Kier alpha value is -1.41. The largest absolute Gasteiger partial charge is 0.410 e. The summed E-state index contributed by atoms with van der Waals surface area (Å²) in [6, 6.07) is 0.299. The van der Waals surface area contributed by atoms with Crippen LogP contribution < -0.4 is 5.32 Å². The van der Waals surface area contributed by atoms with Crippen molar-refractivity contribution in [3.63, 3.8) is 0 Å². The summed E-state index contributed by atoms with van der Waals surface area (Å²) >= 11 is 2.81. The zero-order chi connectivity index (χ0) is 17.1. The van der Waals surface area contributed by atoms with Gasteiger partial charge in [-0.3, -0.25) is 4.79 Å². The van der Waals surface area contributed by atoms with Crippen LogP contribution in [0.2, 0.25) is 0 Å². The molecule has 1 aliphatic carbocycles. The van der Waals surface area contributed by atoms with Crippen molar-refractivity contribution in [2.45, 2.75) is 57.7 Å². The number of hydrogen-bond donors (Lipinski definition) is 1. The Morgan fingerprint density at radius 2 is 2.12 bits per heavy atom. The molecule has 1 N–H and O–H groups in total. The number of carbonyl (C=O) groups is 1. The van der Waals surface area contributed by atoms with Gasteiger partial charge < -0.3 is 9.73 Å². The SMILES string of the molecule is Cc1nc(C)c(-c2nnc(SCC(=O)NC3CCCCC3C)o2)s1. The molecule has 0 bridgehead atoms. The predicted octanol–water partition coefficient (Wildman–Crippen LogP) is 3.60. The Kier molecular flexibility index (Phi) is 5.55. The third-order valence-corrected chi connectivity index (χ3v) is 6.17. The zero-order valence-corrected chi connectivity index (χ0v) is 15.8. The third kappa shape index (κ3) is 4.16. The standard InChI is InChI=1S/C16H22N4O2S2/c1-9-6-4-5-7-12(9)18-13(21)8-23-16-20-19-15(22-16)14-10(2)17-11(3)24-14/h9,12H,4-8H2,1-3H3,(H,18,21). The summed E-state index contributed by atoms with van der Waals surface area (Å²) in [4.78, 5) is 17.4. The van der Waals surface area contributed by atoms with Crippen molar-refractivity contribution in [2.75, 3.05) is 5.75 Å². The molecular weight excluding hydrogens is 344 g/mol. The predicted molar refractivity (Wildman–Crippen MR) is 95.2 cm³/mol. The van der Waals surface area contributed by atoms with E-state index in [1.54, 1.807) is 0 Å². The molecule has 1 fully saturated rings. The average molecular weight is 367 g/mol. The van der Waals surface area contributed by atoms with Crippen molar-refractivity contribution in [2.24, 2.45) is 5.92 Å². The summed E-state index contributed by atoms with van der Waals surface area (Å²) in [5, 5.41) is 12.6. The van der Waals surface area contributed by atoms with E-state index in [9.17, 15) is 4.79 Å². The van der Waals surface area contributed by atoms with Gasteiger partial charge in [-0.15, -0.1) is 21.5 Å². The van der Waals surface area contributed by atoms with Gasteiger partial charge in [0.2, 0.25) is 5.91 Å². The van der Waals surface area contributed by atoms with E-state index in [-0.39, 0.29) is 5.91 Å². The highest BCUT2D eigenvalue weighted by atomic mass is 32.2. The second kappa shape index (κ2) is 7.65. The van der Waals surface area contributed by atoms with Gasteiger partial charge in [-0.2, -0.15) is 0 Å². The molecule has 1 aliphatic rings. The molecule has 2 aromatic rings. The van der Waals surface area contributed by atoms with Crippen molar-refractivity contribution in [1.82, 2.24) is 20.5 Å². The van der Waals surface area contributed by atoms with Crippen LogP contribution in [-0.2, 0) is 4.79 Å². The Morgan fingerprint density at radius 1 is 1.33 bits per heavy atom. The number of rotatable bonds is 5. The lowest BCUT2D eigenvalue weighted by atomic mass is 9.86. The summed E-state index contributed by atoms with van der Waals surface area (Å²) in [7, 11) is 0. The van der Waals surface area contributed by atoms with E-state index in [0.29, 0.717) is 28.8 Å². The van der Waals surface area contributed by atoms with E-state index in [0.717, 1.165) is 22.0 Å². The second-order valence-electron chi connectivity index (χ2n) is 6.24. The normalized spacial score (nSPS) is 21.0. The molecule has 2 aromatic heterocycles. The van der Waals surface area contributed by atoms with Crippen LogP contribution in [0.5, 0.6) is 0 Å². The van der Waals surface area contributed by atoms with E-state index in [4.69, 9.17) is 4.42 Å². The lowest BCUT2D eigenvalue weighted by Crippen LogP contribution is -2.41. The maximum absolute atomic E-state index is 12.1. The molecule has 1 saturated carbocycles. The van der Waals surface area contributed by atoms with Gasteiger partial charge in [-0.25, -0.2) is 4.98 Å². The molecule has 130 valence electrons. The molecule has 0 spiro atoms. The summed E-state index contributed by atoms with van der Waals surface area (Å²) in [6.45, 7) is 6.08. The van der Waals surface area contributed by atoms with E-state index >= 15 is 0 Å². The van der Waals surface area contributed by atoms with Crippen LogP contribution in [0.15, 0.2) is 9.64 Å². The third-order valence-electron chi connectivity index (χ3n) is 4.29. The van der Waals surface area contributed by atoms with Crippen LogP contribution in [0.1, 0.15) is 43.3 Å². The van der Waals surface area contributed by atoms with E-state index in [1.165, 1.54) is 42.4 Å². The van der Waals surface area contributed by atoms with E-state index in [2.05, 4.69) is 27.4 Å². The topological polar surface area (TPSA) is 80.9 Å². The van der Waals surface area contributed by atoms with Gasteiger partial charge in [0.25, 0.3) is 11.1 Å². The minimum Gasteiger partial charge on any atom is -0.410 e. The molecule has 2 heterocycles. The summed E-state index contributed by atoms with van der Waals surface area (Å²) in [5.74, 6) is 1.36. The molecule has 2 unspecified atom stereocenters. The molecule has 2 atom stereocenters. The van der Waals surface area contributed by atoms with Gasteiger partial charge in [0.15, 0.2) is 0 Å². The molecule has 3 rings (SSSR count). The number of aromatic nitrogens is 3. The lowest BCUT2D eigenvalue weighted by molar-refractivity contribution is -0.119. The number of thiazole rings is 1. The first-order valence-electron chi connectivity index (χ1n) is 8.23. The fraction of sp³-hybridized carbons (Fsp3) is 0.625. The minimum absolute atomic E-state index is 0.0308. The molecule has 0 radical (unpaired) electrons. The van der Waals surface area contributed by atoms with E-state index in [1.807, 2.05) is 13.8 Å². The number of aryl methyl sites for hydroxylation is 2. The first kappa shape index (κ1) is 17.4. The minimum atomic E-state index is 0.0308. The molecule has 0 aliphatic heterocycles. The quantitative estimate of drug-likeness (QED) is 0.814. The van der Waals surface area contributed by atoms with E-state index < -0.39 is 0 Å². The van der Waals surface area contributed by atoms with Crippen molar-refractivity contribution < 1.29 is 9.21 Å². The summed E-state index contributed by atoms with van der Waals surface area (Å²) in [6.07, 6.45) is 4.73. The smallest absolute Gasteiger partial charge is 0.277 e. The Balaban J connectivity index is 1.53. The average Bonchev–Trinajstić information content (AvgIpc) is 3.13. The van der Waals surface area contributed by atoms with Crippen LogP contribution in [0, 0.1) is 19.8 Å². The summed E-state index contributed by atoms with van der Waals surface area (Å²) in [5.41, 5.74) is 0.890. The summed E-state index contributed by atoms with van der Waals surface area (Å²) < 4.78 is 5.66. The van der Waals surface area contributed by atoms with Gasteiger partial charge in [0.1, 0.15) is 4.88 Å². The molecule has 1 amide bonds. The number of carbonyl (C=O) groups excluding carboxylic acids is 1. The van der Waals surface area contributed by atoms with Gasteiger partial charge in [0, 0.05) is 6.04 Å². The Bertz CT molecular complexity index is 713. The molecule has 0 saturated heterocycles. The maximum atomic E-state index is 12.1. The molecule has 6 nitrogen and oxygen atoms in total. The fourth-order valence-electron chi connectivity index (χ4n) is 3.00. The van der Waals surface area contributed by atoms with Gasteiger partial charge in [-0.05, 0) is 32.6 Å². The van der Waals surface area contributed by atoms with Gasteiger partial charge in [0.05, 0.1) is 16.5 Å². The highest BCUT2D eigenvalue weighted by molar-refractivity contribution is 7.99. The first-order valence-corrected chi connectivity index (χ1v) is 10.0. The van der Waals surface area contributed by atoms with Crippen LogP contribution in [0.4, 0.5) is 0 Å². The van der Waals surface area contributed by atoms with Crippen LogP contribution in [-0.4, -0.2) is 32.9 Å². The monoisotopic (exact) mass is 366 g/mol. The van der Waals surface area contributed by atoms with Crippen molar-refractivity contribution >= 4 is 29.0 Å². The molecule has 8 heteroatoms. The fourth-order valence-corrected chi connectivity index (χ4v) is 4.41. The van der Waals surface area contributed by atoms with Crippen LogP contribution >= 0.6 is 23.1 Å². The van der Waals surface area contributed by atoms with Crippen molar-refractivity contribution in [1.29, 1.82) is 0 Å². The zero-order valence-electron chi connectivity index (χ0n) is 14.2. The molecule has 24 heavy (non-hydrogen) atoms. The van der Waals surface area contributed by atoms with Crippen molar-refractivity contribution in [3.8, 4) is 10.8 Å². The number of amides is 1. The Labute approximate surface area is 149 Å². The maximum Gasteiger partial charge on any atom is 0.277 e. The van der Waals surface area contributed by atoms with Gasteiger partial charge >= 0.3 is 0 Å². The Morgan fingerprint density at radius 3 is 2.83 bits per heavy atom. The number of nitrogens with one attached hydrogen (secondary N) is 1. The highest BCUT2D eigenvalue weighted by Gasteiger charge is 2.23. The van der Waals surface area contributed by atoms with Crippen LogP contribution in [0.25, 0.3) is 10.8 Å². The molecular formula is C16H22N4O2S2. The van der Waals surface area contributed by atoms with Crippen molar-refractivity contribution in [3.05, 3.63) is 10.7 Å². The highest BCUT2D eigenvalue weighted by Crippen LogP contribution is 2.30. The number of hydrogen-bond acceptors (Lipinski definition) is 7. The van der Waals surface area contributed by atoms with Crippen LogP contribution in [0.3, 0.4) is 0 Å². The molecule has 0 aromatic carbocycles. The van der Waals surface area contributed by atoms with Gasteiger partial charge in [-0.1, -0.05) is 31.5 Å². The first-order chi connectivity index (χ1) is 11.5. The second-order valence-corrected chi connectivity index (χ2v) is 8.37. The number of nitrogens with zero attached hydrogens (tertiary/aromatic N) is 3. The lowest BCUT2D eigenvalue weighted by Gasteiger charge is -2.29.